The summed E-state index contributed by atoms with van der Waals surface area (Å²) >= 11 is 12.1. The van der Waals surface area contributed by atoms with Crippen LogP contribution in [0.1, 0.15) is 12.5 Å². The van der Waals surface area contributed by atoms with E-state index in [0.29, 0.717) is 28.3 Å². The smallest absolute Gasteiger partial charge is 0.225 e. The Labute approximate surface area is 147 Å². The van der Waals surface area contributed by atoms with Crippen molar-refractivity contribution in [2.24, 2.45) is 17.8 Å². The van der Waals surface area contributed by atoms with Gasteiger partial charge in [-0.15, -0.1) is 12.4 Å². The number of amides is 1. The number of carbonyl (C=O) groups is 1. The van der Waals surface area contributed by atoms with Crippen molar-refractivity contribution >= 4 is 41.5 Å². The molecule has 3 nitrogen and oxygen atoms in total. The quantitative estimate of drug-likeness (QED) is 0.894. The van der Waals surface area contributed by atoms with Gasteiger partial charge in [0.2, 0.25) is 5.91 Å². The summed E-state index contributed by atoms with van der Waals surface area (Å²) < 4.78 is 0. The van der Waals surface area contributed by atoms with Crippen LogP contribution in [0.5, 0.6) is 0 Å². The van der Waals surface area contributed by atoms with Crippen LogP contribution >= 0.6 is 35.6 Å². The summed E-state index contributed by atoms with van der Waals surface area (Å²) in [7, 11) is 0. The van der Waals surface area contributed by atoms with Gasteiger partial charge in [0.05, 0.1) is 0 Å². The molecule has 2 aliphatic heterocycles. The molecular weight excluding hydrogens is 343 g/mol. The lowest BCUT2D eigenvalue weighted by atomic mass is 10.00. The lowest BCUT2D eigenvalue weighted by Crippen LogP contribution is -2.36. The molecule has 2 saturated heterocycles. The van der Waals surface area contributed by atoms with Crippen molar-refractivity contribution in [1.29, 1.82) is 0 Å². The summed E-state index contributed by atoms with van der Waals surface area (Å²) in [5.74, 6) is 1.48. The Balaban J connectivity index is 0.00000176. The van der Waals surface area contributed by atoms with Gasteiger partial charge in [0.25, 0.3) is 0 Å². The highest BCUT2D eigenvalue weighted by molar-refractivity contribution is 6.35. The van der Waals surface area contributed by atoms with E-state index in [4.69, 9.17) is 23.2 Å². The third-order valence-electron chi connectivity index (χ3n) is 4.66. The molecule has 0 spiro atoms. The highest BCUT2D eigenvalue weighted by Crippen LogP contribution is 2.29. The third-order valence-corrected chi connectivity index (χ3v) is 5.25. The predicted molar refractivity (Wildman–Crippen MR) is 93.0 cm³/mol. The van der Waals surface area contributed by atoms with Crippen molar-refractivity contribution in [2.45, 2.75) is 13.3 Å². The average molecular weight is 364 g/mol. The first-order valence-corrected chi connectivity index (χ1v) is 8.23. The number of nitrogens with one attached hydrogen (secondary N) is 1. The first-order valence-electron chi connectivity index (χ1n) is 7.48. The van der Waals surface area contributed by atoms with Crippen LogP contribution in [0, 0.1) is 17.8 Å². The number of halogens is 3. The first-order chi connectivity index (χ1) is 10.0. The van der Waals surface area contributed by atoms with Gasteiger partial charge in [-0.25, -0.2) is 0 Å². The number of benzene rings is 1. The lowest BCUT2D eigenvalue weighted by molar-refractivity contribution is -0.134. The maximum Gasteiger partial charge on any atom is 0.225 e. The van der Waals surface area contributed by atoms with E-state index in [2.05, 4.69) is 5.32 Å². The number of carbonyl (C=O) groups excluding carboxylic acids is 1. The Morgan fingerprint density at radius 1 is 1.32 bits per heavy atom. The van der Waals surface area contributed by atoms with E-state index < -0.39 is 0 Å². The van der Waals surface area contributed by atoms with E-state index in [1.165, 1.54) is 0 Å². The molecule has 3 rings (SSSR count). The van der Waals surface area contributed by atoms with Gasteiger partial charge in [-0.1, -0.05) is 36.2 Å². The van der Waals surface area contributed by atoms with E-state index in [-0.39, 0.29) is 24.2 Å². The normalized spacial score (nSPS) is 24.8. The van der Waals surface area contributed by atoms with Gasteiger partial charge in [0.15, 0.2) is 0 Å². The van der Waals surface area contributed by atoms with Gasteiger partial charge in [0.1, 0.15) is 0 Å². The fourth-order valence-electron chi connectivity index (χ4n) is 3.45. The van der Waals surface area contributed by atoms with Crippen LogP contribution in [0.2, 0.25) is 10.0 Å². The molecule has 1 amide bonds. The molecular formula is C16H21Cl3N2O. The Hall–Kier alpha value is -0.480. The number of rotatable bonds is 3. The molecule has 2 aliphatic rings. The van der Waals surface area contributed by atoms with Crippen molar-refractivity contribution < 1.29 is 4.79 Å². The fraction of sp³-hybridized carbons (Fsp3) is 0.562. The fourth-order valence-corrected chi connectivity index (χ4v) is 3.94. The number of hydrogen-bond acceptors (Lipinski definition) is 2. The Bertz CT molecular complexity index is 540. The molecule has 1 unspecified atom stereocenters. The van der Waals surface area contributed by atoms with Gasteiger partial charge < -0.3 is 10.2 Å². The molecule has 22 heavy (non-hydrogen) atoms. The number of hydrogen-bond donors (Lipinski definition) is 1. The zero-order chi connectivity index (χ0) is 15.0. The zero-order valence-electron chi connectivity index (χ0n) is 12.5. The van der Waals surface area contributed by atoms with Crippen molar-refractivity contribution in [3.63, 3.8) is 0 Å². The summed E-state index contributed by atoms with van der Waals surface area (Å²) in [5.41, 5.74) is 0.989. The van der Waals surface area contributed by atoms with Crippen LogP contribution in [0.15, 0.2) is 18.2 Å². The Kier molecular flexibility index (Phi) is 6.00. The molecule has 1 aromatic rings. The minimum absolute atomic E-state index is 0. The van der Waals surface area contributed by atoms with E-state index in [1.807, 2.05) is 24.0 Å². The van der Waals surface area contributed by atoms with E-state index in [0.717, 1.165) is 31.7 Å². The van der Waals surface area contributed by atoms with Crippen LogP contribution in [0.4, 0.5) is 0 Å². The largest absolute Gasteiger partial charge is 0.342 e. The zero-order valence-corrected chi connectivity index (χ0v) is 14.8. The van der Waals surface area contributed by atoms with Crippen molar-refractivity contribution in [3.05, 3.63) is 33.8 Å². The second kappa shape index (κ2) is 7.39. The van der Waals surface area contributed by atoms with Crippen LogP contribution in [-0.2, 0) is 11.2 Å². The standard InChI is InChI=1S/C16H20Cl2N2O.ClH/c1-10(4-11-2-3-14(17)5-15(11)18)16(21)20-8-12-6-19-7-13(12)9-20;/h2-3,5,10,12-13,19H,4,6-9H2,1H3;1H/t10?,12-,13+;. The van der Waals surface area contributed by atoms with Gasteiger partial charge in [-0.3, -0.25) is 4.79 Å². The summed E-state index contributed by atoms with van der Waals surface area (Å²) in [4.78, 5) is 14.6. The van der Waals surface area contributed by atoms with Crippen LogP contribution in [0.3, 0.4) is 0 Å². The molecule has 0 saturated carbocycles. The van der Waals surface area contributed by atoms with Gasteiger partial charge >= 0.3 is 0 Å². The second-order valence-electron chi connectivity index (χ2n) is 6.26. The van der Waals surface area contributed by atoms with Crippen LogP contribution in [0.25, 0.3) is 0 Å². The molecule has 2 fully saturated rings. The van der Waals surface area contributed by atoms with Crippen LogP contribution < -0.4 is 5.32 Å². The van der Waals surface area contributed by atoms with Gasteiger partial charge in [-0.2, -0.15) is 0 Å². The second-order valence-corrected chi connectivity index (χ2v) is 7.11. The van der Waals surface area contributed by atoms with E-state index in [9.17, 15) is 4.79 Å². The number of nitrogens with zero attached hydrogens (tertiary/aromatic N) is 1. The molecule has 3 atom stereocenters. The van der Waals surface area contributed by atoms with E-state index in [1.54, 1.807) is 6.07 Å². The molecule has 1 aromatic carbocycles. The molecule has 0 aromatic heterocycles. The monoisotopic (exact) mass is 362 g/mol. The first kappa shape index (κ1) is 17.9. The molecule has 0 aliphatic carbocycles. The Morgan fingerprint density at radius 2 is 1.95 bits per heavy atom. The minimum atomic E-state index is -0.0459. The summed E-state index contributed by atoms with van der Waals surface area (Å²) in [6.07, 6.45) is 0.666. The molecule has 1 N–H and O–H groups in total. The molecule has 2 heterocycles. The number of fused-ring (bicyclic) bond motifs is 1. The summed E-state index contributed by atoms with van der Waals surface area (Å²) in [6.45, 7) is 5.88. The SMILES string of the molecule is CC(Cc1ccc(Cl)cc1Cl)C(=O)N1C[C@H]2CNC[C@H]2C1.Cl. The number of likely N-dealkylation sites (tertiary alicyclic amines) is 1. The molecule has 0 bridgehead atoms. The molecule has 0 radical (unpaired) electrons. The van der Waals surface area contributed by atoms with Gasteiger partial charge in [0, 0.05) is 42.1 Å². The van der Waals surface area contributed by atoms with Crippen molar-refractivity contribution in [1.82, 2.24) is 10.2 Å². The average Bonchev–Trinajstić information content (AvgIpc) is 3.01. The third kappa shape index (κ3) is 3.70. The van der Waals surface area contributed by atoms with E-state index >= 15 is 0 Å². The maximum absolute atomic E-state index is 12.6. The lowest BCUT2D eigenvalue weighted by Gasteiger charge is -2.22. The highest BCUT2D eigenvalue weighted by atomic mass is 35.5. The molecule has 122 valence electrons. The summed E-state index contributed by atoms with van der Waals surface area (Å²) in [5, 5.41) is 4.67. The highest BCUT2D eigenvalue weighted by Gasteiger charge is 2.38. The van der Waals surface area contributed by atoms with Gasteiger partial charge in [-0.05, 0) is 36.0 Å². The van der Waals surface area contributed by atoms with Crippen LogP contribution in [-0.4, -0.2) is 37.0 Å². The Morgan fingerprint density at radius 3 is 2.55 bits per heavy atom. The van der Waals surface area contributed by atoms with Crippen molar-refractivity contribution in [2.75, 3.05) is 26.2 Å². The topological polar surface area (TPSA) is 32.3 Å². The maximum atomic E-state index is 12.6. The minimum Gasteiger partial charge on any atom is -0.342 e. The predicted octanol–water partition coefficient (Wildman–Crippen LogP) is 3.27. The molecule has 6 heteroatoms. The van der Waals surface area contributed by atoms with Crippen molar-refractivity contribution in [3.8, 4) is 0 Å². The summed E-state index contributed by atoms with van der Waals surface area (Å²) in [6, 6.07) is 5.48.